The number of nitrogens with zero attached hydrogens (tertiary/aromatic N) is 5. The molecule has 4 aromatic carbocycles. The summed E-state index contributed by atoms with van der Waals surface area (Å²) in [6, 6.07) is 33.0. The molecule has 9 nitrogen and oxygen atoms in total. The summed E-state index contributed by atoms with van der Waals surface area (Å²) in [4.78, 5) is 50.6. The van der Waals surface area contributed by atoms with Gasteiger partial charge in [0.05, 0.1) is 42.0 Å². The molecule has 0 bridgehead atoms. The summed E-state index contributed by atoms with van der Waals surface area (Å²) in [5.41, 5.74) is 8.87. The van der Waals surface area contributed by atoms with Crippen LogP contribution in [0, 0.1) is 0 Å². The van der Waals surface area contributed by atoms with E-state index in [1.54, 1.807) is 4.90 Å². The van der Waals surface area contributed by atoms with Crippen LogP contribution < -0.4 is 0 Å². The number of carbonyl (C=O) groups is 2. The van der Waals surface area contributed by atoms with Crippen LogP contribution in [0.5, 0.6) is 0 Å². The summed E-state index contributed by atoms with van der Waals surface area (Å²) in [5, 5.41) is 0. The zero-order chi connectivity index (χ0) is 45.0. The number of carbonyl (C=O) groups excluding carboxylic acids is 2. The zero-order valence-electron chi connectivity index (χ0n) is 37.2. The number of aromatic amines is 2. The fourth-order valence-electron chi connectivity index (χ4n) is 9.67. The van der Waals surface area contributed by atoms with Crippen molar-refractivity contribution in [2.24, 2.45) is 0 Å². The van der Waals surface area contributed by atoms with Crippen LogP contribution >= 0.6 is 0 Å². The second-order valence-corrected chi connectivity index (χ2v) is 17.2. The van der Waals surface area contributed by atoms with Gasteiger partial charge in [0.2, 0.25) is 11.8 Å². The van der Waals surface area contributed by atoms with Gasteiger partial charge < -0.3 is 19.8 Å². The van der Waals surface area contributed by atoms with E-state index in [0.29, 0.717) is 30.9 Å². The molecule has 1 fully saturated rings. The van der Waals surface area contributed by atoms with Gasteiger partial charge in [0.1, 0.15) is 17.7 Å². The first-order valence-corrected chi connectivity index (χ1v) is 22.9. The number of hydrogen-bond acceptors (Lipinski definition) is 5. The van der Waals surface area contributed by atoms with E-state index < -0.39 is 18.5 Å². The topological polar surface area (TPSA) is 101 Å². The number of nitrogens with one attached hydrogen (secondary N) is 2. The molecule has 64 heavy (non-hydrogen) atoms. The van der Waals surface area contributed by atoms with Crippen LogP contribution in [0.15, 0.2) is 103 Å². The lowest BCUT2D eigenvalue weighted by Crippen LogP contribution is -2.43. The lowest BCUT2D eigenvalue weighted by molar-refractivity contribution is -0.138. The molecule has 0 unspecified atom stereocenters. The molecule has 1 aliphatic heterocycles. The molecule has 6 aromatic rings. The third-order valence-electron chi connectivity index (χ3n) is 12.9. The third kappa shape index (κ3) is 9.57. The Kier molecular flexibility index (Phi) is 13.5. The van der Waals surface area contributed by atoms with E-state index in [4.69, 9.17) is 9.97 Å². The fraction of sp³-hybridized carbons (Fsp3) is 0.385. The quantitative estimate of drug-likeness (QED) is 0.107. The Hall–Kier alpha value is -6.01. The Morgan fingerprint density at radius 2 is 1.47 bits per heavy atom. The smallest absolute Gasteiger partial charge is 0.344 e. The Morgan fingerprint density at radius 1 is 0.797 bits per heavy atom. The van der Waals surface area contributed by atoms with Gasteiger partial charge in [-0.2, -0.15) is 13.2 Å². The molecule has 12 heteroatoms. The molecule has 1 saturated heterocycles. The number of aromatic nitrogens is 4. The molecule has 2 aromatic heterocycles. The van der Waals surface area contributed by atoms with Crippen molar-refractivity contribution in [3.8, 4) is 33.6 Å². The second kappa shape index (κ2) is 19.4. The van der Waals surface area contributed by atoms with Gasteiger partial charge in [0.25, 0.3) is 0 Å². The van der Waals surface area contributed by atoms with E-state index in [1.165, 1.54) is 5.56 Å². The normalized spacial score (nSPS) is 16.0. The van der Waals surface area contributed by atoms with Crippen LogP contribution in [0.25, 0.3) is 33.6 Å². The van der Waals surface area contributed by atoms with Gasteiger partial charge in [-0.3, -0.25) is 14.5 Å². The predicted molar refractivity (Wildman–Crippen MR) is 245 cm³/mol. The van der Waals surface area contributed by atoms with E-state index in [9.17, 15) is 22.8 Å². The Labute approximate surface area is 374 Å². The number of aryl methyl sites for hydroxylation is 2. The van der Waals surface area contributed by atoms with Crippen molar-refractivity contribution < 1.29 is 22.8 Å². The lowest BCUT2D eigenvalue weighted by atomic mass is 9.95. The van der Waals surface area contributed by atoms with Crippen LogP contribution in [0.3, 0.4) is 0 Å². The van der Waals surface area contributed by atoms with Gasteiger partial charge in [-0.25, -0.2) is 9.97 Å². The number of halogens is 3. The molecule has 2 aliphatic rings. The number of imidazole rings is 2. The molecular weight excluding hydrogens is 812 g/mol. The van der Waals surface area contributed by atoms with Gasteiger partial charge >= 0.3 is 6.18 Å². The Balaban J connectivity index is 1.03. The molecule has 334 valence electrons. The SMILES string of the molecule is CCCN(Cc1nc(-c2ccc(-c3ccc4c(c3)CCCc3[nH]c([C@@H]5CCCN5C(=O)[C@@H](c5ccccc5)N(CC)CC)nc3-4)cc2)c(CC(F)(F)F)[nH]1)C(=O)[C@H](C)c1ccccc1. The van der Waals surface area contributed by atoms with Crippen molar-refractivity contribution in [2.45, 2.75) is 103 Å². The first-order chi connectivity index (χ1) is 31.0. The van der Waals surface area contributed by atoms with Gasteiger partial charge in [-0.1, -0.05) is 124 Å². The first kappa shape index (κ1) is 44.6. The number of fused-ring (bicyclic) bond motifs is 3. The van der Waals surface area contributed by atoms with Crippen molar-refractivity contribution in [3.63, 3.8) is 0 Å². The third-order valence-corrected chi connectivity index (χ3v) is 12.9. The van der Waals surface area contributed by atoms with E-state index in [0.717, 1.165) is 90.2 Å². The van der Waals surface area contributed by atoms with Crippen molar-refractivity contribution >= 4 is 11.8 Å². The zero-order valence-corrected chi connectivity index (χ0v) is 37.2. The summed E-state index contributed by atoms with van der Waals surface area (Å²) >= 11 is 0. The minimum atomic E-state index is -4.46. The second-order valence-electron chi connectivity index (χ2n) is 17.2. The number of benzene rings is 4. The monoisotopic (exact) mass is 869 g/mol. The molecule has 2 amide bonds. The van der Waals surface area contributed by atoms with Crippen molar-refractivity contribution in [1.82, 2.24) is 34.6 Å². The highest BCUT2D eigenvalue weighted by molar-refractivity contribution is 5.84. The van der Waals surface area contributed by atoms with Crippen LogP contribution in [-0.4, -0.2) is 78.8 Å². The van der Waals surface area contributed by atoms with Gasteiger partial charge in [0, 0.05) is 29.9 Å². The predicted octanol–water partition coefficient (Wildman–Crippen LogP) is 11.0. The highest BCUT2D eigenvalue weighted by atomic mass is 19.4. The minimum absolute atomic E-state index is 0.0283. The maximum Gasteiger partial charge on any atom is 0.394 e. The van der Waals surface area contributed by atoms with E-state index in [1.807, 2.05) is 104 Å². The maximum absolute atomic E-state index is 14.5. The van der Waals surface area contributed by atoms with Crippen LogP contribution in [-0.2, 0) is 35.4 Å². The summed E-state index contributed by atoms with van der Waals surface area (Å²) < 4.78 is 41.8. The van der Waals surface area contributed by atoms with E-state index in [-0.39, 0.29) is 41.8 Å². The van der Waals surface area contributed by atoms with Gasteiger partial charge in [0.15, 0.2) is 0 Å². The molecule has 0 spiro atoms. The number of likely N-dealkylation sites (tertiary alicyclic amines) is 1. The summed E-state index contributed by atoms with van der Waals surface area (Å²) in [7, 11) is 0. The van der Waals surface area contributed by atoms with Crippen LogP contribution in [0.2, 0.25) is 0 Å². The molecule has 1 aliphatic carbocycles. The summed E-state index contributed by atoms with van der Waals surface area (Å²) in [6.07, 6.45) is -0.516. The van der Waals surface area contributed by atoms with Crippen molar-refractivity contribution in [2.75, 3.05) is 26.2 Å². The van der Waals surface area contributed by atoms with E-state index >= 15 is 0 Å². The average Bonchev–Trinajstić information content (AvgIpc) is 4.04. The molecule has 0 radical (unpaired) electrons. The Morgan fingerprint density at radius 3 is 2.14 bits per heavy atom. The lowest BCUT2D eigenvalue weighted by Gasteiger charge is -2.34. The van der Waals surface area contributed by atoms with Crippen LogP contribution in [0.1, 0.15) is 111 Å². The Bertz CT molecular complexity index is 2530. The largest absolute Gasteiger partial charge is 0.394 e. The first-order valence-electron chi connectivity index (χ1n) is 22.9. The summed E-state index contributed by atoms with van der Waals surface area (Å²) in [5.74, 6) is 0.756. The van der Waals surface area contributed by atoms with Crippen molar-refractivity contribution in [1.29, 1.82) is 0 Å². The highest BCUT2D eigenvalue weighted by Gasteiger charge is 2.39. The number of alkyl halides is 3. The fourth-order valence-corrected chi connectivity index (χ4v) is 9.67. The molecule has 3 atom stereocenters. The highest BCUT2D eigenvalue weighted by Crippen LogP contribution is 2.40. The number of amides is 2. The number of H-pyrrole nitrogens is 2. The maximum atomic E-state index is 14.5. The van der Waals surface area contributed by atoms with Crippen molar-refractivity contribution in [3.05, 3.63) is 143 Å². The van der Waals surface area contributed by atoms with Gasteiger partial charge in [-0.05, 0) is 86.4 Å². The number of hydrogen-bond donors (Lipinski definition) is 2. The molecule has 8 rings (SSSR count). The minimum Gasteiger partial charge on any atom is -0.344 e. The van der Waals surface area contributed by atoms with Gasteiger partial charge in [-0.15, -0.1) is 0 Å². The average molecular weight is 870 g/mol. The number of likely N-dealkylation sites (N-methyl/N-ethyl adjacent to an activating group) is 1. The molecular formula is C52H58F3N7O2. The summed E-state index contributed by atoms with van der Waals surface area (Å²) in [6.45, 7) is 10.8. The molecule has 2 N–H and O–H groups in total. The van der Waals surface area contributed by atoms with Crippen LogP contribution in [0.4, 0.5) is 13.2 Å². The number of rotatable bonds is 15. The molecule has 3 heterocycles. The molecule has 0 saturated carbocycles. The standard InChI is InChI=1S/C52H58F3N7O2/c1-5-29-61(50(63)34(4)35-16-10-8-11-17-35)33-45-56-43(32-52(53,54)55)46(58-45)37-25-23-36(24-26-37)39-27-28-41-40(31-39)20-14-21-42-47(41)59-49(57-42)44-22-15-30-62(44)51(64)48(60(6-2)7-3)38-18-12-9-13-19-38/h8-13,16-19,23-28,31,34,44,48H,5-7,14-15,20-22,29-30,32-33H2,1-4H3,(H,56,58)(H,57,59)/t34-,44+,48-/m1/s1. The van der Waals surface area contributed by atoms with E-state index in [2.05, 4.69) is 46.9 Å².